The van der Waals surface area contributed by atoms with Crippen LogP contribution in [0.5, 0.6) is 0 Å². The van der Waals surface area contributed by atoms with Crippen LogP contribution in [0, 0.1) is 17.4 Å². The fourth-order valence-electron chi connectivity index (χ4n) is 1.84. The van der Waals surface area contributed by atoms with Crippen LogP contribution < -0.4 is 0 Å². The van der Waals surface area contributed by atoms with Crippen molar-refractivity contribution in [1.29, 1.82) is 5.26 Å². The van der Waals surface area contributed by atoms with Gasteiger partial charge in [0.05, 0.1) is 6.54 Å². The second-order valence-electron chi connectivity index (χ2n) is 3.56. The Bertz CT molecular complexity index is 302. The fourth-order valence-corrected chi connectivity index (χ4v) is 1.84. The maximum Gasteiger partial charge on any atom is 0.234 e. The second-order valence-corrected chi connectivity index (χ2v) is 3.56. The molecule has 1 aliphatic rings. The minimum atomic E-state index is 0.0997. The summed E-state index contributed by atoms with van der Waals surface area (Å²) in [5, 5.41) is 8.18. The smallest absolute Gasteiger partial charge is 0.234 e. The molecular weight excluding hydrogens is 194 g/mol. The molecule has 0 amide bonds. The minimum Gasteiger partial charge on any atom is -0.479 e. The van der Waals surface area contributed by atoms with Gasteiger partial charge in [0.25, 0.3) is 0 Å². The van der Waals surface area contributed by atoms with Gasteiger partial charge in [0, 0.05) is 0 Å². The van der Waals surface area contributed by atoms with Gasteiger partial charge in [-0.25, -0.2) is 9.79 Å². The highest BCUT2D eigenvalue weighted by Crippen LogP contribution is 2.26. The number of ether oxygens (including phenoxy) is 1. The van der Waals surface area contributed by atoms with Crippen molar-refractivity contribution in [2.24, 2.45) is 15.9 Å². The number of aliphatic imine (C=N–C) groups is 2. The molecule has 1 rings (SSSR count). The highest BCUT2D eigenvalue weighted by Gasteiger charge is 2.22. The van der Waals surface area contributed by atoms with E-state index in [2.05, 4.69) is 9.98 Å². The summed E-state index contributed by atoms with van der Waals surface area (Å²) >= 11 is 0. The Kier molecular flexibility index (Phi) is 5.13. The standard InChI is InChI=1S/C10H13N3O2/c11-6-13-8-15-10-3-1-2-9(4-10)5-12-7-14/h8-10H,1-5H2/b13-8+/t9?,10-/m0/s1. The largest absolute Gasteiger partial charge is 0.479 e. The number of isocyanates is 1. The lowest BCUT2D eigenvalue weighted by atomic mass is 9.87. The monoisotopic (exact) mass is 207 g/mol. The molecule has 0 aliphatic heterocycles. The van der Waals surface area contributed by atoms with Gasteiger partial charge in [0.2, 0.25) is 12.3 Å². The van der Waals surface area contributed by atoms with Crippen molar-refractivity contribution in [2.75, 3.05) is 6.54 Å². The lowest BCUT2D eigenvalue weighted by molar-refractivity contribution is 0.123. The predicted molar refractivity (Wildman–Crippen MR) is 53.9 cm³/mol. The average Bonchev–Trinajstić information content (AvgIpc) is 2.27. The quantitative estimate of drug-likeness (QED) is 0.302. The van der Waals surface area contributed by atoms with Crippen molar-refractivity contribution >= 4 is 12.5 Å². The first-order valence-electron chi connectivity index (χ1n) is 4.96. The molecule has 1 aliphatic carbocycles. The molecule has 0 aromatic carbocycles. The van der Waals surface area contributed by atoms with E-state index in [1.165, 1.54) is 6.40 Å². The second kappa shape index (κ2) is 6.74. The summed E-state index contributed by atoms with van der Waals surface area (Å²) in [7, 11) is 0. The van der Waals surface area contributed by atoms with Crippen molar-refractivity contribution < 1.29 is 9.53 Å². The van der Waals surface area contributed by atoms with Gasteiger partial charge in [-0.3, -0.25) is 0 Å². The minimum absolute atomic E-state index is 0.0997. The molecule has 1 saturated carbocycles. The van der Waals surface area contributed by atoms with Crippen LogP contribution in [0.15, 0.2) is 9.98 Å². The van der Waals surface area contributed by atoms with Gasteiger partial charge < -0.3 is 4.74 Å². The first kappa shape index (κ1) is 11.4. The van der Waals surface area contributed by atoms with Gasteiger partial charge in [-0.15, -0.1) is 4.99 Å². The van der Waals surface area contributed by atoms with Crippen LogP contribution in [-0.2, 0) is 9.53 Å². The van der Waals surface area contributed by atoms with Gasteiger partial charge in [-0.05, 0) is 31.6 Å². The molecule has 0 radical (unpaired) electrons. The Labute approximate surface area is 88.5 Å². The Hall–Kier alpha value is -1.66. The van der Waals surface area contributed by atoms with Crippen molar-refractivity contribution in [2.45, 2.75) is 31.8 Å². The van der Waals surface area contributed by atoms with Gasteiger partial charge in [0.15, 0.2) is 6.40 Å². The molecular formula is C10H13N3O2. The Morgan fingerprint density at radius 2 is 2.40 bits per heavy atom. The average molecular weight is 207 g/mol. The third-order valence-corrected chi connectivity index (χ3v) is 2.51. The van der Waals surface area contributed by atoms with E-state index in [1.807, 2.05) is 0 Å². The lowest BCUT2D eigenvalue weighted by Crippen LogP contribution is -2.24. The number of nitrogens with zero attached hydrogens (tertiary/aromatic N) is 3. The van der Waals surface area contributed by atoms with Crippen LogP contribution in [0.3, 0.4) is 0 Å². The third-order valence-electron chi connectivity index (χ3n) is 2.51. The van der Waals surface area contributed by atoms with Crippen LogP contribution >= 0.6 is 0 Å². The number of hydrogen-bond acceptors (Lipinski definition) is 5. The molecule has 0 N–H and O–H groups in total. The van der Waals surface area contributed by atoms with Crippen molar-refractivity contribution in [3.63, 3.8) is 0 Å². The molecule has 0 saturated heterocycles. The summed E-state index contributed by atoms with van der Waals surface area (Å²) in [6.45, 7) is 0.527. The summed E-state index contributed by atoms with van der Waals surface area (Å²) in [5.74, 6) is 0.390. The normalized spacial score (nSPS) is 25.5. The molecule has 0 heterocycles. The number of carbonyl (C=O) groups excluding carboxylic acids is 1. The van der Waals surface area contributed by atoms with Crippen LogP contribution in [0.1, 0.15) is 25.7 Å². The molecule has 0 spiro atoms. The van der Waals surface area contributed by atoms with Crippen LogP contribution in [0.4, 0.5) is 0 Å². The molecule has 0 aromatic rings. The van der Waals surface area contributed by atoms with E-state index in [9.17, 15) is 4.79 Å². The van der Waals surface area contributed by atoms with E-state index in [0.29, 0.717) is 12.5 Å². The highest BCUT2D eigenvalue weighted by atomic mass is 16.5. The first-order chi connectivity index (χ1) is 7.36. The zero-order valence-corrected chi connectivity index (χ0v) is 8.43. The van der Waals surface area contributed by atoms with Crippen molar-refractivity contribution in [3.8, 4) is 6.19 Å². The van der Waals surface area contributed by atoms with Crippen LogP contribution in [0.25, 0.3) is 0 Å². The molecule has 5 nitrogen and oxygen atoms in total. The molecule has 80 valence electrons. The zero-order chi connectivity index (χ0) is 10.9. The summed E-state index contributed by atoms with van der Waals surface area (Å²) in [6.07, 6.45) is 8.43. The molecule has 2 atom stereocenters. The topological polar surface area (TPSA) is 74.8 Å². The van der Waals surface area contributed by atoms with Crippen molar-refractivity contribution in [3.05, 3.63) is 0 Å². The third kappa shape index (κ3) is 4.39. The maximum absolute atomic E-state index is 9.96. The van der Waals surface area contributed by atoms with Gasteiger partial charge in [-0.2, -0.15) is 5.26 Å². The number of nitriles is 1. The van der Waals surface area contributed by atoms with E-state index in [0.717, 1.165) is 25.7 Å². The fraction of sp³-hybridized carbons (Fsp3) is 0.700. The van der Waals surface area contributed by atoms with Gasteiger partial charge in [-0.1, -0.05) is 0 Å². The molecule has 5 heteroatoms. The number of rotatable bonds is 4. The Balaban J connectivity index is 2.32. The lowest BCUT2D eigenvalue weighted by Gasteiger charge is -2.26. The molecule has 0 aromatic heterocycles. The van der Waals surface area contributed by atoms with Gasteiger partial charge in [0.1, 0.15) is 6.10 Å². The predicted octanol–water partition coefficient (Wildman–Crippen LogP) is 1.41. The summed E-state index contributed by atoms with van der Waals surface area (Å²) in [5.41, 5.74) is 0. The first-order valence-corrected chi connectivity index (χ1v) is 4.96. The maximum atomic E-state index is 9.96. The van der Waals surface area contributed by atoms with E-state index >= 15 is 0 Å². The van der Waals surface area contributed by atoms with Crippen LogP contribution in [0.2, 0.25) is 0 Å². The number of hydrogen-bond donors (Lipinski definition) is 0. The van der Waals surface area contributed by atoms with Crippen molar-refractivity contribution in [1.82, 2.24) is 0 Å². The molecule has 15 heavy (non-hydrogen) atoms. The SMILES string of the molecule is N#C/N=C/O[C@H]1CCCC(CN=C=O)C1. The highest BCUT2D eigenvalue weighted by molar-refractivity contribution is 5.48. The summed E-state index contributed by atoms with van der Waals surface area (Å²) in [4.78, 5) is 16.9. The molecule has 1 unspecified atom stereocenters. The Morgan fingerprint density at radius 1 is 1.53 bits per heavy atom. The van der Waals surface area contributed by atoms with E-state index in [4.69, 9.17) is 10.00 Å². The molecule has 0 bridgehead atoms. The van der Waals surface area contributed by atoms with E-state index in [1.54, 1.807) is 12.3 Å². The summed E-state index contributed by atoms with van der Waals surface area (Å²) < 4.78 is 5.28. The Morgan fingerprint density at radius 3 is 3.13 bits per heavy atom. The van der Waals surface area contributed by atoms with Crippen LogP contribution in [-0.4, -0.2) is 25.1 Å². The van der Waals surface area contributed by atoms with E-state index < -0.39 is 0 Å². The zero-order valence-electron chi connectivity index (χ0n) is 8.43. The van der Waals surface area contributed by atoms with Gasteiger partial charge >= 0.3 is 0 Å². The van der Waals surface area contributed by atoms with E-state index in [-0.39, 0.29) is 6.10 Å². The summed E-state index contributed by atoms with van der Waals surface area (Å²) in [6, 6.07) is 0. The molecule has 1 fully saturated rings.